The van der Waals surface area contributed by atoms with Crippen molar-refractivity contribution in [2.24, 2.45) is 0 Å². The number of rotatable bonds is 5. The Hall–Kier alpha value is -3.59. The summed E-state index contributed by atoms with van der Waals surface area (Å²) in [6.07, 6.45) is -4.41. The van der Waals surface area contributed by atoms with E-state index in [1.54, 1.807) is 48.5 Å². The highest BCUT2D eigenvalue weighted by Gasteiger charge is 2.27. The molecule has 0 saturated carbocycles. The number of hydrogen-bond donors (Lipinski definition) is 1. The average Bonchev–Trinajstić information content (AvgIpc) is 2.78. The third-order valence-corrected chi connectivity index (χ3v) is 4.87. The number of methoxy groups -OCH3 is 1. The van der Waals surface area contributed by atoms with Crippen LogP contribution in [-0.2, 0) is 0 Å². The van der Waals surface area contributed by atoms with Crippen molar-refractivity contribution in [2.75, 3.05) is 19.0 Å². The number of pyridine rings is 1. The summed E-state index contributed by atoms with van der Waals surface area (Å²) >= 11 is 5.98. The zero-order chi connectivity index (χ0) is 22.9. The molecule has 2 aromatic heterocycles. The van der Waals surface area contributed by atoms with Gasteiger partial charge in [0.25, 0.3) is 5.56 Å². The standard InChI is InChI=1S/C22H16ClF3N4O2/c1-32-16-8-2-13(3-9-16)19-21(31)30(15-6-4-14(23)5-7-15)20-17(28-19)10-11-18(29-20)27-12-22(24,25)26/h2-11H,12H2,1H3,(H,27,29). The summed E-state index contributed by atoms with van der Waals surface area (Å²) in [5, 5.41) is 2.70. The summed E-state index contributed by atoms with van der Waals surface area (Å²) in [6, 6.07) is 16.2. The van der Waals surface area contributed by atoms with Gasteiger partial charge in [0.15, 0.2) is 5.65 Å². The summed E-state index contributed by atoms with van der Waals surface area (Å²) in [4.78, 5) is 22.1. The zero-order valence-electron chi connectivity index (χ0n) is 16.7. The van der Waals surface area contributed by atoms with Crippen LogP contribution in [0.4, 0.5) is 19.0 Å². The van der Waals surface area contributed by atoms with Crippen LogP contribution in [-0.4, -0.2) is 34.4 Å². The highest BCUT2D eigenvalue weighted by Crippen LogP contribution is 2.24. The number of aromatic nitrogens is 3. The largest absolute Gasteiger partial charge is 0.497 e. The second-order valence-corrected chi connectivity index (χ2v) is 7.25. The molecule has 0 aliphatic carbocycles. The number of alkyl halides is 3. The van der Waals surface area contributed by atoms with Crippen LogP contribution in [0.3, 0.4) is 0 Å². The maximum atomic E-state index is 13.4. The molecule has 0 radical (unpaired) electrons. The Morgan fingerprint density at radius 3 is 2.31 bits per heavy atom. The van der Waals surface area contributed by atoms with Crippen LogP contribution in [0.1, 0.15) is 0 Å². The van der Waals surface area contributed by atoms with Crippen molar-refractivity contribution in [3.05, 3.63) is 76.0 Å². The fourth-order valence-corrected chi connectivity index (χ4v) is 3.25. The van der Waals surface area contributed by atoms with Gasteiger partial charge in [-0.25, -0.2) is 9.97 Å². The van der Waals surface area contributed by atoms with Crippen molar-refractivity contribution in [1.29, 1.82) is 0 Å². The first-order chi connectivity index (χ1) is 15.2. The quantitative estimate of drug-likeness (QED) is 0.449. The first kappa shape index (κ1) is 21.6. The monoisotopic (exact) mass is 460 g/mol. The molecule has 2 aromatic carbocycles. The SMILES string of the molecule is COc1ccc(-c2nc3ccc(NCC(F)(F)F)nc3n(-c3ccc(Cl)cc3)c2=O)cc1. The molecular formula is C22H16ClF3N4O2. The van der Waals surface area contributed by atoms with Gasteiger partial charge < -0.3 is 10.1 Å². The number of nitrogens with one attached hydrogen (secondary N) is 1. The Morgan fingerprint density at radius 2 is 1.69 bits per heavy atom. The van der Waals surface area contributed by atoms with E-state index in [0.29, 0.717) is 27.5 Å². The number of halogens is 4. The predicted molar refractivity (Wildman–Crippen MR) is 117 cm³/mol. The van der Waals surface area contributed by atoms with Gasteiger partial charge in [-0.05, 0) is 60.7 Å². The number of benzene rings is 2. The lowest BCUT2D eigenvalue weighted by Crippen LogP contribution is -2.24. The van der Waals surface area contributed by atoms with E-state index in [-0.39, 0.29) is 17.2 Å². The van der Waals surface area contributed by atoms with Gasteiger partial charge in [-0.15, -0.1) is 0 Å². The third-order valence-electron chi connectivity index (χ3n) is 4.62. The van der Waals surface area contributed by atoms with Gasteiger partial charge in [-0.3, -0.25) is 9.36 Å². The second-order valence-electron chi connectivity index (χ2n) is 6.81. The molecule has 10 heteroatoms. The van der Waals surface area contributed by atoms with Gasteiger partial charge >= 0.3 is 6.18 Å². The van der Waals surface area contributed by atoms with Gasteiger partial charge in [-0.2, -0.15) is 13.2 Å². The van der Waals surface area contributed by atoms with Gasteiger partial charge in [0.1, 0.15) is 29.3 Å². The van der Waals surface area contributed by atoms with Gasteiger partial charge in [0.05, 0.1) is 12.8 Å². The van der Waals surface area contributed by atoms with E-state index in [2.05, 4.69) is 15.3 Å². The molecule has 164 valence electrons. The molecule has 0 fully saturated rings. The van der Waals surface area contributed by atoms with Crippen LogP contribution in [0.2, 0.25) is 5.02 Å². The molecule has 0 saturated heterocycles. The molecular weight excluding hydrogens is 445 g/mol. The first-order valence-corrected chi connectivity index (χ1v) is 9.78. The lowest BCUT2D eigenvalue weighted by molar-refractivity contribution is -0.115. The Balaban J connectivity index is 1.93. The minimum Gasteiger partial charge on any atom is -0.497 e. The molecule has 32 heavy (non-hydrogen) atoms. The summed E-state index contributed by atoms with van der Waals surface area (Å²) < 4.78 is 44.3. The van der Waals surface area contributed by atoms with Crippen LogP contribution >= 0.6 is 11.6 Å². The molecule has 4 aromatic rings. The Morgan fingerprint density at radius 1 is 1.00 bits per heavy atom. The minimum absolute atomic E-state index is 0.0315. The van der Waals surface area contributed by atoms with E-state index >= 15 is 0 Å². The van der Waals surface area contributed by atoms with E-state index in [4.69, 9.17) is 16.3 Å². The highest BCUT2D eigenvalue weighted by atomic mass is 35.5. The zero-order valence-corrected chi connectivity index (χ0v) is 17.4. The number of hydrogen-bond acceptors (Lipinski definition) is 5. The smallest absolute Gasteiger partial charge is 0.405 e. The maximum Gasteiger partial charge on any atom is 0.405 e. The molecule has 0 atom stereocenters. The topological polar surface area (TPSA) is 69.0 Å². The van der Waals surface area contributed by atoms with Crippen molar-refractivity contribution in [2.45, 2.75) is 6.18 Å². The van der Waals surface area contributed by atoms with Gasteiger partial charge in [-0.1, -0.05) is 11.6 Å². The predicted octanol–water partition coefficient (Wildman–Crippen LogP) is 5.08. The van der Waals surface area contributed by atoms with Crippen LogP contribution in [0.5, 0.6) is 5.75 Å². The van der Waals surface area contributed by atoms with Crippen LogP contribution in [0, 0.1) is 0 Å². The van der Waals surface area contributed by atoms with Crippen LogP contribution < -0.4 is 15.6 Å². The molecule has 4 rings (SSSR count). The molecule has 1 N–H and O–H groups in total. The molecule has 0 unspecified atom stereocenters. The Bertz CT molecular complexity index is 1320. The van der Waals surface area contributed by atoms with Crippen molar-refractivity contribution in [1.82, 2.24) is 14.5 Å². The van der Waals surface area contributed by atoms with E-state index in [9.17, 15) is 18.0 Å². The van der Waals surface area contributed by atoms with Crippen molar-refractivity contribution in [3.63, 3.8) is 0 Å². The van der Waals surface area contributed by atoms with Gasteiger partial charge in [0.2, 0.25) is 0 Å². The van der Waals surface area contributed by atoms with Crippen molar-refractivity contribution in [3.8, 4) is 22.7 Å². The molecule has 6 nitrogen and oxygen atoms in total. The summed E-state index contributed by atoms with van der Waals surface area (Å²) in [6.45, 7) is -1.26. The van der Waals surface area contributed by atoms with E-state index in [0.717, 1.165) is 0 Å². The highest BCUT2D eigenvalue weighted by molar-refractivity contribution is 6.30. The molecule has 0 amide bonds. The molecule has 0 aliphatic rings. The summed E-state index contributed by atoms with van der Waals surface area (Å²) in [5.74, 6) is 0.588. The number of fused-ring (bicyclic) bond motifs is 1. The number of ether oxygens (including phenoxy) is 1. The summed E-state index contributed by atoms with van der Waals surface area (Å²) in [7, 11) is 1.53. The first-order valence-electron chi connectivity index (χ1n) is 9.40. The van der Waals surface area contributed by atoms with E-state index in [1.165, 1.54) is 23.8 Å². The fraction of sp³-hybridized carbons (Fsp3) is 0.136. The molecule has 0 aliphatic heterocycles. The average molecular weight is 461 g/mol. The van der Waals surface area contributed by atoms with E-state index in [1.807, 2.05) is 0 Å². The maximum absolute atomic E-state index is 13.4. The van der Waals surface area contributed by atoms with Crippen LogP contribution in [0.25, 0.3) is 28.1 Å². The normalized spacial score (nSPS) is 11.5. The number of nitrogens with zero attached hydrogens (tertiary/aromatic N) is 3. The fourth-order valence-electron chi connectivity index (χ4n) is 3.12. The third kappa shape index (κ3) is 4.52. The summed E-state index contributed by atoms with van der Waals surface area (Å²) in [5.41, 5.74) is 1.13. The van der Waals surface area contributed by atoms with Crippen molar-refractivity contribution < 1.29 is 17.9 Å². The van der Waals surface area contributed by atoms with E-state index < -0.39 is 18.3 Å². The minimum atomic E-state index is -4.41. The van der Waals surface area contributed by atoms with Crippen molar-refractivity contribution >= 4 is 28.6 Å². The molecule has 0 spiro atoms. The lowest BCUT2D eigenvalue weighted by atomic mass is 10.1. The molecule has 2 heterocycles. The number of anilines is 1. The van der Waals surface area contributed by atoms with Gasteiger partial charge in [0, 0.05) is 10.6 Å². The molecule has 0 bridgehead atoms. The Kier molecular flexibility index (Phi) is 5.75. The van der Waals surface area contributed by atoms with Crippen LogP contribution in [0.15, 0.2) is 65.5 Å². The Labute approximate surface area is 185 Å². The second kappa shape index (κ2) is 8.51. The lowest BCUT2D eigenvalue weighted by Gasteiger charge is -2.14.